The lowest BCUT2D eigenvalue weighted by atomic mass is 10.0. The summed E-state index contributed by atoms with van der Waals surface area (Å²) in [6, 6.07) is 18.7. The summed E-state index contributed by atoms with van der Waals surface area (Å²) in [5.41, 5.74) is 1.49. The Kier molecular flexibility index (Phi) is 35.1. The van der Waals surface area contributed by atoms with Gasteiger partial charge in [-0.1, -0.05) is 222 Å². The van der Waals surface area contributed by atoms with E-state index in [0.29, 0.717) is 24.8 Å². The third-order valence-corrected chi connectivity index (χ3v) is 12.0. The van der Waals surface area contributed by atoms with Crippen molar-refractivity contribution in [3.8, 4) is 0 Å². The molecule has 2 atom stereocenters. The molecular formula is C51H80Cl2O4. The van der Waals surface area contributed by atoms with Crippen LogP contribution in [0.4, 0.5) is 0 Å². The maximum Gasteiger partial charge on any atom is 0.170 e. The first kappa shape index (κ1) is 52.7. The molecule has 0 N–H and O–H groups in total. The second-order valence-electron chi connectivity index (χ2n) is 16.4. The molecule has 322 valence electrons. The molecule has 57 heavy (non-hydrogen) atoms. The molecule has 0 heterocycles. The highest BCUT2D eigenvalue weighted by molar-refractivity contribution is 6.30. The number of rotatable bonds is 37. The van der Waals surface area contributed by atoms with Crippen molar-refractivity contribution in [1.82, 2.24) is 0 Å². The van der Waals surface area contributed by atoms with Crippen LogP contribution in [0.5, 0.6) is 0 Å². The molecule has 0 radical (unpaired) electrons. The molecule has 0 amide bonds. The number of alkyl halides is 2. The predicted octanol–water partition coefficient (Wildman–Crippen LogP) is 16.2. The lowest BCUT2D eigenvalue weighted by molar-refractivity contribution is -0.118. The Hall–Kier alpha value is -2.30. The number of hydrogen-bond acceptors (Lipinski definition) is 4. The first-order chi connectivity index (χ1) is 27.7. The molecule has 6 heteroatoms. The van der Waals surface area contributed by atoms with Crippen LogP contribution in [0.15, 0.2) is 60.7 Å². The van der Waals surface area contributed by atoms with Gasteiger partial charge in [0.25, 0.3) is 0 Å². The summed E-state index contributed by atoms with van der Waals surface area (Å²) in [6.07, 6.45) is 35.8. The van der Waals surface area contributed by atoms with E-state index in [0.717, 1.165) is 44.1 Å². The Morgan fingerprint density at radius 1 is 0.439 bits per heavy atom. The van der Waals surface area contributed by atoms with E-state index >= 15 is 0 Å². The fraction of sp³-hybridized carbons (Fsp3) is 0.686. The molecule has 0 saturated heterocycles. The second-order valence-corrected chi connectivity index (χ2v) is 17.5. The van der Waals surface area contributed by atoms with Crippen molar-refractivity contribution in [3.05, 3.63) is 71.8 Å². The Morgan fingerprint density at radius 3 is 1.19 bits per heavy atom. The molecule has 0 aliphatic heterocycles. The number of ketones is 4. The van der Waals surface area contributed by atoms with Gasteiger partial charge < -0.3 is 0 Å². The lowest BCUT2D eigenvalue weighted by Gasteiger charge is -2.14. The Labute approximate surface area is 359 Å². The highest BCUT2D eigenvalue weighted by atomic mass is 35.5. The minimum absolute atomic E-state index is 0.0500. The van der Waals surface area contributed by atoms with Crippen molar-refractivity contribution >= 4 is 46.3 Å². The lowest BCUT2D eigenvalue weighted by Crippen LogP contribution is -2.17. The molecule has 2 rings (SSSR count). The SMILES string of the molecule is CC(=O)CC(Cl)C(Cl)CCCCCCCCCCCCCCC(=O)c1ccccc1.CCCCCCCCCCCCCCCCC(=O)CC(=O)c1ccccc1. The van der Waals surface area contributed by atoms with E-state index in [2.05, 4.69) is 6.92 Å². The monoisotopic (exact) mass is 827 g/mol. The van der Waals surface area contributed by atoms with Crippen LogP contribution in [0.25, 0.3) is 0 Å². The van der Waals surface area contributed by atoms with Gasteiger partial charge in [-0.15, -0.1) is 23.2 Å². The van der Waals surface area contributed by atoms with Gasteiger partial charge in [0, 0.05) is 30.4 Å². The van der Waals surface area contributed by atoms with Gasteiger partial charge in [0.2, 0.25) is 0 Å². The Morgan fingerprint density at radius 2 is 0.789 bits per heavy atom. The molecule has 0 aromatic heterocycles. The summed E-state index contributed by atoms with van der Waals surface area (Å²) >= 11 is 12.4. The van der Waals surface area contributed by atoms with Crippen LogP contribution in [-0.4, -0.2) is 33.9 Å². The van der Waals surface area contributed by atoms with Crippen LogP contribution in [-0.2, 0) is 9.59 Å². The van der Waals surface area contributed by atoms with Crippen molar-refractivity contribution in [1.29, 1.82) is 0 Å². The van der Waals surface area contributed by atoms with Crippen LogP contribution in [0.2, 0.25) is 0 Å². The van der Waals surface area contributed by atoms with Gasteiger partial charge in [0.05, 0.1) is 17.2 Å². The number of hydrogen-bond donors (Lipinski definition) is 0. The topological polar surface area (TPSA) is 68.3 Å². The third kappa shape index (κ3) is 32.3. The molecule has 2 unspecified atom stereocenters. The van der Waals surface area contributed by atoms with Gasteiger partial charge in [0.1, 0.15) is 11.6 Å². The summed E-state index contributed by atoms with van der Waals surface area (Å²) in [7, 11) is 0. The Bertz CT molecular complexity index is 1260. The fourth-order valence-electron chi connectivity index (χ4n) is 7.25. The van der Waals surface area contributed by atoms with Gasteiger partial charge in [-0.25, -0.2) is 0 Å². The number of carbonyl (C=O) groups excluding carboxylic acids is 4. The standard InChI is InChI=1S/C26H40Cl2O2.C25H40O2/c1-22(29)21-25(28)24(27)19-15-10-8-6-4-2-3-5-7-9-11-16-20-26(30)23-17-13-12-14-18-23;1-2-3-4-5-6-7-8-9-10-11-12-13-14-18-21-24(26)22-25(27)23-19-16-15-17-20-23/h12-14,17-18,24-25H,2-11,15-16,19-21H2,1H3;15-17,19-20H,2-14,18,21-22H2,1H3. The number of halogens is 2. The smallest absolute Gasteiger partial charge is 0.170 e. The minimum atomic E-state index is -0.228. The van der Waals surface area contributed by atoms with Gasteiger partial charge in [-0.05, 0) is 26.2 Å². The predicted molar refractivity (Wildman–Crippen MR) is 245 cm³/mol. The average Bonchev–Trinajstić information content (AvgIpc) is 3.21. The molecule has 0 bridgehead atoms. The van der Waals surface area contributed by atoms with Gasteiger partial charge in [0.15, 0.2) is 11.6 Å². The molecule has 2 aromatic carbocycles. The molecule has 0 aliphatic rings. The van der Waals surface area contributed by atoms with E-state index in [1.54, 1.807) is 19.1 Å². The van der Waals surface area contributed by atoms with E-state index in [9.17, 15) is 19.2 Å². The molecule has 0 fully saturated rings. The molecule has 0 aliphatic carbocycles. The van der Waals surface area contributed by atoms with Crippen molar-refractivity contribution in [2.24, 2.45) is 0 Å². The maximum absolute atomic E-state index is 12.0. The first-order valence-electron chi connectivity index (χ1n) is 23.2. The third-order valence-electron chi connectivity index (χ3n) is 10.9. The van der Waals surface area contributed by atoms with Crippen LogP contribution in [0.1, 0.15) is 234 Å². The van der Waals surface area contributed by atoms with Gasteiger partial charge >= 0.3 is 0 Å². The summed E-state index contributed by atoms with van der Waals surface area (Å²) in [4.78, 5) is 47.0. The molecule has 0 spiro atoms. The molecule has 4 nitrogen and oxygen atoms in total. The van der Waals surface area contributed by atoms with Gasteiger partial charge in [-0.2, -0.15) is 0 Å². The number of unbranched alkanes of at least 4 members (excludes halogenated alkanes) is 24. The highest BCUT2D eigenvalue weighted by Crippen LogP contribution is 2.21. The molecule has 0 saturated carbocycles. The van der Waals surface area contributed by atoms with Crippen molar-refractivity contribution in [2.75, 3.05) is 0 Å². The Balaban J connectivity index is 0.000000573. The van der Waals surface area contributed by atoms with E-state index in [-0.39, 0.29) is 40.3 Å². The van der Waals surface area contributed by atoms with Crippen LogP contribution in [0.3, 0.4) is 0 Å². The summed E-state index contributed by atoms with van der Waals surface area (Å²) in [5.74, 6) is 0.420. The second kappa shape index (κ2) is 37.9. The van der Waals surface area contributed by atoms with Crippen molar-refractivity contribution in [2.45, 2.75) is 224 Å². The summed E-state index contributed by atoms with van der Waals surface area (Å²) in [5, 5.41) is -0.319. The molecule has 2 aromatic rings. The zero-order chi connectivity index (χ0) is 41.6. The normalized spacial score (nSPS) is 12.1. The quantitative estimate of drug-likeness (QED) is 0.0294. The van der Waals surface area contributed by atoms with E-state index in [1.165, 1.54) is 135 Å². The number of benzene rings is 2. The van der Waals surface area contributed by atoms with E-state index in [4.69, 9.17) is 23.2 Å². The zero-order valence-electron chi connectivity index (χ0n) is 36.2. The summed E-state index contributed by atoms with van der Waals surface area (Å²) < 4.78 is 0. The van der Waals surface area contributed by atoms with E-state index < -0.39 is 0 Å². The molecular weight excluding hydrogens is 747 g/mol. The summed E-state index contributed by atoms with van der Waals surface area (Å²) in [6.45, 7) is 3.83. The maximum atomic E-state index is 12.0. The highest BCUT2D eigenvalue weighted by Gasteiger charge is 2.18. The van der Waals surface area contributed by atoms with Crippen molar-refractivity contribution in [3.63, 3.8) is 0 Å². The van der Waals surface area contributed by atoms with Crippen LogP contribution >= 0.6 is 23.2 Å². The van der Waals surface area contributed by atoms with Crippen LogP contribution in [0, 0.1) is 0 Å². The minimum Gasteiger partial charge on any atom is -0.300 e. The zero-order valence-corrected chi connectivity index (χ0v) is 37.7. The fourth-order valence-corrected chi connectivity index (χ4v) is 7.84. The van der Waals surface area contributed by atoms with Crippen LogP contribution < -0.4 is 0 Å². The van der Waals surface area contributed by atoms with Crippen molar-refractivity contribution < 1.29 is 19.2 Å². The van der Waals surface area contributed by atoms with E-state index in [1.807, 2.05) is 48.5 Å². The van der Waals surface area contributed by atoms with Gasteiger partial charge in [-0.3, -0.25) is 19.2 Å². The number of Topliss-reactive ketones (excluding diaryl/α,β-unsaturated/α-hetero) is 4. The first-order valence-corrected chi connectivity index (χ1v) is 24.1. The average molecular weight is 828 g/mol. The number of carbonyl (C=O) groups is 4. The largest absolute Gasteiger partial charge is 0.300 e.